The monoisotopic (exact) mass is 314 g/mol. The third-order valence-electron chi connectivity index (χ3n) is 4.46. The summed E-state index contributed by atoms with van der Waals surface area (Å²) in [6.07, 6.45) is 4.85. The summed E-state index contributed by atoms with van der Waals surface area (Å²) in [6, 6.07) is 10.1. The van der Waals surface area contributed by atoms with Crippen molar-refractivity contribution in [3.8, 4) is 0 Å². The second-order valence-corrected chi connectivity index (χ2v) is 5.92. The first-order chi connectivity index (χ1) is 11.2. The third-order valence-corrected chi connectivity index (χ3v) is 4.46. The minimum Gasteiger partial charge on any atom is -0.381 e. The predicted molar refractivity (Wildman–Crippen MR) is 87.9 cm³/mol. The fourth-order valence-corrected chi connectivity index (χ4v) is 2.86. The molecule has 3 rings (SSSR count). The Hall–Kier alpha value is -2.18. The lowest BCUT2D eigenvalue weighted by molar-refractivity contribution is -0.130. The second kappa shape index (κ2) is 6.93. The number of anilines is 1. The zero-order valence-corrected chi connectivity index (χ0v) is 13.1. The molecule has 2 aromatic rings. The van der Waals surface area contributed by atoms with Gasteiger partial charge in [-0.1, -0.05) is 30.3 Å². The van der Waals surface area contributed by atoms with Gasteiger partial charge in [-0.25, -0.2) is 4.98 Å². The molecule has 0 bridgehead atoms. The van der Waals surface area contributed by atoms with Crippen LogP contribution >= 0.6 is 0 Å². The van der Waals surface area contributed by atoms with E-state index in [0.717, 1.165) is 5.56 Å². The van der Waals surface area contributed by atoms with Gasteiger partial charge in [0.25, 0.3) is 0 Å². The van der Waals surface area contributed by atoms with E-state index in [1.165, 1.54) is 0 Å². The Bertz CT molecular complexity index is 648. The van der Waals surface area contributed by atoms with Crippen molar-refractivity contribution in [3.63, 3.8) is 0 Å². The number of hydrogen-bond acceptors (Lipinski definition) is 4. The van der Waals surface area contributed by atoms with Gasteiger partial charge in [0.2, 0.25) is 11.9 Å². The van der Waals surface area contributed by atoms with Crippen LogP contribution in [0.25, 0.3) is 0 Å². The Morgan fingerprint density at radius 1 is 1.30 bits per heavy atom. The maximum atomic E-state index is 12.7. The van der Waals surface area contributed by atoms with Gasteiger partial charge in [0.05, 0.1) is 12.0 Å². The molecule has 1 saturated heterocycles. The number of carbonyl (C=O) groups excluding carboxylic acids is 1. The van der Waals surface area contributed by atoms with Crippen LogP contribution in [-0.4, -0.2) is 35.2 Å². The quantitative estimate of drug-likeness (QED) is 0.879. The van der Waals surface area contributed by atoms with Gasteiger partial charge < -0.3 is 15.0 Å². The highest BCUT2D eigenvalue weighted by Gasteiger charge is 2.39. The highest BCUT2D eigenvalue weighted by Crippen LogP contribution is 2.30. The van der Waals surface area contributed by atoms with Gasteiger partial charge >= 0.3 is 0 Å². The summed E-state index contributed by atoms with van der Waals surface area (Å²) in [7, 11) is 0. The van der Waals surface area contributed by atoms with E-state index in [1.54, 1.807) is 6.20 Å². The number of benzene rings is 1. The molecule has 6 nitrogen and oxygen atoms in total. The highest BCUT2D eigenvalue weighted by molar-refractivity contribution is 5.94. The zero-order valence-electron chi connectivity index (χ0n) is 13.1. The average molecular weight is 314 g/mol. The first-order valence-corrected chi connectivity index (χ1v) is 7.88. The number of carbonyl (C=O) groups is 1. The van der Waals surface area contributed by atoms with Gasteiger partial charge in [-0.2, -0.15) is 0 Å². The topological polar surface area (TPSA) is 82.2 Å². The summed E-state index contributed by atoms with van der Waals surface area (Å²) in [5.74, 6) is 0.488. The van der Waals surface area contributed by atoms with Crippen LogP contribution in [0.5, 0.6) is 0 Å². The molecule has 1 aliphatic heterocycles. The summed E-state index contributed by atoms with van der Waals surface area (Å²) in [5.41, 5.74) is 6.49. The maximum Gasteiger partial charge on any atom is 0.234 e. The van der Waals surface area contributed by atoms with Gasteiger partial charge in [0.1, 0.15) is 0 Å². The van der Waals surface area contributed by atoms with Crippen LogP contribution in [0.4, 0.5) is 5.95 Å². The molecule has 6 heteroatoms. The average Bonchev–Trinajstić information content (AvgIpc) is 3.03. The normalized spacial score (nSPS) is 16.9. The summed E-state index contributed by atoms with van der Waals surface area (Å²) in [4.78, 5) is 17.0. The van der Waals surface area contributed by atoms with Crippen LogP contribution in [0.2, 0.25) is 0 Å². The minimum atomic E-state index is -0.554. The fourth-order valence-electron chi connectivity index (χ4n) is 2.86. The van der Waals surface area contributed by atoms with Crippen molar-refractivity contribution in [3.05, 3.63) is 48.3 Å². The molecular formula is C17H22N4O2. The highest BCUT2D eigenvalue weighted by atomic mass is 16.5. The summed E-state index contributed by atoms with van der Waals surface area (Å²) < 4.78 is 7.29. The molecule has 23 heavy (non-hydrogen) atoms. The smallest absolute Gasteiger partial charge is 0.234 e. The molecule has 0 spiro atoms. The summed E-state index contributed by atoms with van der Waals surface area (Å²) in [5, 5.41) is 2.95. The van der Waals surface area contributed by atoms with Gasteiger partial charge in [0, 0.05) is 32.2 Å². The molecule has 3 N–H and O–H groups in total. The molecular weight excluding hydrogens is 292 g/mol. The number of amides is 1. The molecule has 0 unspecified atom stereocenters. The van der Waals surface area contributed by atoms with Crippen molar-refractivity contribution in [1.82, 2.24) is 9.55 Å². The van der Waals surface area contributed by atoms with Crippen LogP contribution in [0.3, 0.4) is 0 Å². The zero-order chi connectivity index (χ0) is 16.1. The second-order valence-electron chi connectivity index (χ2n) is 5.92. The summed E-state index contributed by atoms with van der Waals surface area (Å²) >= 11 is 0. The number of ether oxygens (including phenoxy) is 1. The van der Waals surface area contributed by atoms with E-state index in [9.17, 15) is 4.79 Å². The first kappa shape index (κ1) is 15.7. The number of nitrogens with zero attached hydrogens (tertiary/aromatic N) is 2. The molecule has 0 radical (unpaired) electrons. The van der Waals surface area contributed by atoms with Crippen molar-refractivity contribution in [2.75, 3.05) is 25.1 Å². The number of rotatable bonds is 5. The van der Waals surface area contributed by atoms with Crippen molar-refractivity contribution in [2.45, 2.75) is 19.4 Å². The van der Waals surface area contributed by atoms with Crippen LogP contribution in [0.1, 0.15) is 18.4 Å². The van der Waals surface area contributed by atoms with E-state index in [1.807, 2.05) is 41.1 Å². The Labute approximate surface area is 135 Å². The predicted octanol–water partition coefficient (Wildman–Crippen LogP) is 1.63. The molecule has 1 aliphatic rings. The van der Waals surface area contributed by atoms with Crippen LogP contribution in [-0.2, 0) is 16.1 Å². The molecule has 2 heterocycles. The van der Waals surface area contributed by atoms with Crippen molar-refractivity contribution >= 4 is 11.9 Å². The van der Waals surface area contributed by atoms with Crippen molar-refractivity contribution in [2.24, 2.45) is 11.1 Å². The summed E-state index contributed by atoms with van der Waals surface area (Å²) in [6.45, 7) is 2.13. The van der Waals surface area contributed by atoms with Gasteiger partial charge in [-0.05, 0) is 18.4 Å². The van der Waals surface area contributed by atoms with Crippen molar-refractivity contribution < 1.29 is 9.53 Å². The van der Waals surface area contributed by atoms with E-state index in [2.05, 4.69) is 10.3 Å². The minimum absolute atomic E-state index is 0.0659. The Kier molecular flexibility index (Phi) is 4.73. The van der Waals surface area contributed by atoms with E-state index in [-0.39, 0.29) is 5.91 Å². The number of nitrogens with one attached hydrogen (secondary N) is 1. The molecule has 1 aromatic carbocycles. The number of hydrogen-bond donors (Lipinski definition) is 2. The lowest BCUT2D eigenvalue weighted by Crippen LogP contribution is -2.46. The van der Waals surface area contributed by atoms with E-state index < -0.39 is 5.41 Å². The molecule has 0 aliphatic carbocycles. The largest absolute Gasteiger partial charge is 0.381 e. The van der Waals surface area contributed by atoms with Crippen LogP contribution in [0, 0.1) is 5.41 Å². The first-order valence-electron chi connectivity index (χ1n) is 7.88. The number of aromatic nitrogens is 2. The molecule has 1 aromatic heterocycles. The fraction of sp³-hybridized carbons (Fsp3) is 0.412. The van der Waals surface area contributed by atoms with Crippen LogP contribution < -0.4 is 11.1 Å². The number of nitrogens with two attached hydrogens (primary N) is 1. The molecule has 0 atom stereocenters. The number of imidazole rings is 1. The molecule has 122 valence electrons. The molecule has 1 fully saturated rings. The van der Waals surface area contributed by atoms with Gasteiger partial charge in [-0.3, -0.25) is 10.1 Å². The van der Waals surface area contributed by atoms with E-state index >= 15 is 0 Å². The Balaban J connectivity index is 1.73. The Morgan fingerprint density at radius 2 is 2.04 bits per heavy atom. The van der Waals surface area contributed by atoms with Gasteiger partial charge in [-0.15, -0.1) is 0 Å². The lowest BCUT2D eigenvalue weighted by atomic mass is 9.79. The van der Waals surface area contributed by atoms with Crippen LogP contribution in [0.15, 0.2) is 42.7 Å². The van der Waals surface area contributed by atoms with Gasteiger partial charge in [0.15, 0.2) is 0 Å². The molecule has 0 saturated carbocycles. The lowest BCUT2D eigenvalue weighted by Gasteiger charge is -2.34. The SMILES string of the molecule is NCC1(C(=O)Nc2nccn2Cc2ccccc2)CCOCC1. The Morgan fingerprint density at radius 3 is 2.74 bits per heavy atom. The van der Waals surface area contributed by atoms with Crippen molar-refractivity contribution in [1.29, 1.82) is 0 Å². The van der Waals surface area contributed by atoms with E-state index in [0.29, 0.717) is 45.1 Å². The maximum absolute atomic E-state index is 12.7. The third kappa shape index (κ3) is 3.43. The molecule has 1 amide bonds. The standard InChI is InChI=1S/C17H22N4O2/c18-13-17(6-10-23-11-7-17)15(22)20-16-19-8-9-21(16)12-14-4-2-1-3-5-14/h1-5,8-9H,6-7,10-13,18H2,(H,19,20,22). The van der Waals surface area contributed by atoms with E-state index in [4.69, 9.17) is 10.5 Å².